The van der Waals surface area contributed by atoms with Crippen molar-refractivity contribution in [2.45, 2.75) is 0 Å². The Balaban J connectivity index is 1.55. The minimum absolute atomic E-state index is 0.113. The van der Waals surface area contributed by atoms with Gasteiger partial charge in [0.05, 0.1) is 24.2 Å². The third-order valence-electron chi connectivity index (χ3n) is 3.85. The predicted molar refractivity (Wildman–Crippen MR) is 95.2 cm³/mol. The van der Waals surface area contributed by atoms with Gasteiger partial charge in [0, 0.05) is 12.1 Å². The van der Waals surface area contributed by atoms with Gasteiger partial charge in [0.1, 0.15) is 17.0 Å². The van der Waals surface area contributed by atoms with Gasteiger partial charge in [0.25, 0.3) is 0 Å². The fraction of sp³-hybridized carbons (Fsp3) is 0. The zero-order valence-electron chi connectivity index (χ0n) is 13.8. The van der Waals surface area contributed by atoms with Crippen molar-refractivity contribution in [3.05, 3.63) is 55.1 Å². The summed E-state index contributed by atoms with van der Waals surface area (Å²) in [6.07, 6.45) is 4.81. The normalized spacial score (nSPS) is 11.1. The summed E-state index contributed by atoms with van der Waals surface area (Å²) in [5.41, 5.74) is 7.82. The van der Waals surface area contributed by atoms with E-state index in [-0.39, 0.29) is 5.95 Å². The number of benzene rings is 1. The van der Waals surface area contributed by atoms with Gasteiger partial charge in [0.2, 0.25) is 5.95 Å². The standard InChI is InChI=1S/C17H12N8O2/c18-17-21-13(15-2-1-5-26-15)7-16(22-17)25-14-4-3-10(6-12(14)23-24-25)27-11-8-19-20-9-11/h1-9H,(H,19,20)(H2,18,21,22). The third-order valence-corrected chi connectivity index (χ3v) is 3.85. The summed E-state index contributed by atoms with van der Waals surface area (Å²) >= 11 is 0. The van der Waals surface area contributed by atoms with Gasteiger partial charge in [-0.25, -0.2) is 4.98 Å². The van der Waals surface area contributed by atoms with Gasteiger partial charge in [-0.05, 0) is 24.3 Å². The quantitative estimate of drug-likeness (QED) is 0.499. The Morgan fingerprint density at radius 2 is 2.07 bits per heavy atom. The van der Waals surface area contributed by atoms with Crippen LogP contribution in [-0.4, -0.2) is 35.2 Å². The molecule has 5 aromatic rings. The molecule has 0 aliphatic heterocycles. The second-order valence-electron chi connectivity index (χ2n) is 5.63. The van der Waals surface area contributed by atoms with Gasteiger partial charge >= 0.3 is 0 Å². The number of aromatic nitrogens is 7. The fourth-order valence-corrected chi connectivity index (χ4v) is 2.68. The maximum absolute atomic E-state index is 5.86. The number of nitrogens with one attached hydrogen (secondary N) is 1. The Hall–Kier alpha value is -4.21. The first-order chi connectivity index (χ1) is 13.3. The molecule has 10 heteroatoms. The van der Waals surface area contributed by atoms with Crippen LogP contribution in [0, 0.1) is 0 Å². The maximum Gasteiger partial charge on any atom is 0.222 e. The maximum atomic E-state index is 5.86. The van der Waals surface area contributed by atoms with Crippen LogP contribution >= 0.6 is 0 Å². The summed E-state index contributed by atoms with van der Waals surface area (Å²) in [4.78, 5) is 8.47. The number of nitrogens with two attached hydrogens (primary N) is 1. The van der Waals surface area contributed by atoms with Crippen LogP contribution in [0.1, 0.15) is 0 Å². The molecule has 0 fully saturated rings. The lowest BCUT2D eigenvalue weighted by Crippen LogP contribution is -2.05. The zero-order valence-corrected chi connectivity index (χ0v) is 13.8. The first kappa shape index (κ1) is 15.1. The van der Waals surface area contributed by atoms with Crippen LogP contribution in [0.4, 0.5) is 5.95 Å². The first-order valence-electron chi connectivity index (χ1n) is 7.97. The van der Waals surface area contributed by atoms with Gasteiger partial charge < -0.3 is 14.9 Å². The van der Waals surface area contributed by atoms with Crippen LogP contribution in [0.2, 0.25) is 0 Å². The van der Waals surface area contributed by atoms with Crippen molar-refractivity contribution in [3.8, 4) is 28.8 Å². The second kappa shape index (κ2) is 5.95. The number of nitrogens with zero attached hydrogens (tertiary/aromatic N) is 6. The Morgan fingerprint density at radius 1 is 1.11 bits per heavy atom. The van der Waals surface area contributed by atoms with E-state index in [1.165, 1.54) is 0 Å². The molecule has 3 N–H and O–H groups in total. The number of fused-ring (bicyclic) bond motifs is 1. The molecular weight excluding hydrogens is 348 g/mol. The van der Waals surface area contributed by atoms with Gasteiger partial charge in [-0.15, -0.1) is 5.10 Å². The highest BCUT2D eigenvalue weighted by Gasteiger charge is 2.13. The molecule has 0 radical (unpaired) electrons. The van der Waals surface area contributed by atoms with Gasteiger partial charge in [0.15, 0.2) is 17.3 Å². The molecule has 0 saturated heterocycles. The molecule has 5 rings (SSSR count). The molecule has 0 aliphatic rings. The Bertz CT molecular complexity index is 1210. The number of rotatable bonds is 4. The molecule has 0 saturated carbocycles. The molecule has 0 spiro atoms. The monoisotopic (exact) mass is 360 g/mol. The van der Waals surface area contributed by atoms with Crippen LogP contribution in [-0.2, 0) is 0 Å². The highest BCUT2D eigenvalue weighted by Crippen LogP contribution is 2.26. The Morgan fingerprint density at radius 3 is 2.89 bits per heavy atom. The van der Waals surface area contributed by atoms with E-state index in [1.54, 1.807) is 47.6 Å². The molecule has 10 nitrogen and oxygen atoms in total. The number of H-pyrrole nitrogens is 1. The lowest BCUT2D eigenvalue weighted by Gasteiger charge is -2.05. The number of hydrogen-bond acceptors (Lipinski definition) is 8. The molecule has 4 aromatic heterocycles. The highest BCUT2D eigenvalue weighted by atomic mass is 16.5. The van der Waals surface area contributed by atoms with E-state index < -0.39 is 0 Å². The van der Waals surface area contributed by atoms with E-state index in [0.29, 0.717) is 34.3 Å². The molecule has 0 amide bonds. The first-order valence-corrected chi connectivity index (χ1v) is 7.97. The molecule has 0 bridgehead atoms. The number of ether oxygens (including phenoxy) is 1. The van der Waals surface area contributed by atoms with Crippen molar-refractivity contribution in [3.63, 3.8) is 0 Å². The molecular formula is C17H12N8O2. The van der Waals surface area contributed by atoms with E-state index in [0.717, 1.165) is 5.52 Å². The van der Waals surface area contributed by atoms with E-state index in [9.17, 15) is 0 Å². The summed E-state index contributed by atoms with van der Waals surface area (Å²) in [5, 5.41) is 14.9. The molecule has 27 heavy (non-hydrogen) atoms. The highest BCUT2D eigenvalue weighted by molar-refractivity contribution is 5.78. The molecule has 0 aliphatic carbocycles. The molecule has 1 aromatic carbocycles. The SMILES string of the molecule is Nc1nc(-c2ccco2)cc(-n2nnc3cc(Oc4cn[nH]c4)ccc32)n1. The van der Waals surface area contributed by atoms with E-state index in [2.05, 4.69) is 30.5 Å². The zero-order chi connectivity index (χ0) is 18.2. The summed E-state index contributed by atoms with van der Waals surface area (Å²) in [7, 11) is 0. The summed E-state index contributed by atoms with van der Waals surface area (Å²) in [5.74, 6) is 2.41. The van der Waals surface area contributed by atoms with Crippen LogP contribution < -0.4 is 10.5 Å². The number of anilines is 1. The number of hydrogen-bond donors (Lipinski definition) is 2. The van der Waals surface area contributed by atoms with Crippen molar-refractivity contribution in [1.82, 2.24) is 35.2 Å². The second-order valence-corrected chi connectivity index (χ2v) is 5.63. The van der Waals surface area contributed by atoms with Crippen LogP contribution in [0.15, 0.2) is 59.5 Å². The minimum atomic E-state index is 0.113. The molecule has 0 unspecified atom stereocenters. The molecule has 4 heterocycles. The van der Waals surface area contributed by atoms with Crippen molar-refractivity contribution in [1.29, 1.82) is 0 Å². The van der Waals surface area contributed by atoms with Crippen LogP contribution in [0.25, 0.3) is 28.3 Å². The average Bonchev–Trinajstić information content (AvgIpc) is 3.42. The lowest BCUT2D eigenvalue weighted by molar-refractivity contribution is 0.483. The third kappa shape index (κ3) is 2.74. The Labute approximate surface area is 151 Å². The van der Waals surface area contributed by atoms with Gasteiger partial charge in [-0.3, -0.25) is 5.10 Å². The predicted octanol–water partition coefficient (Wildman–Crippen LogP) is 2.57. The summed E-state index contributed by atoms with van der Waals surface area (Å²) in [6, 6.07) is 10.7. The number of nitrogen functional groups attached to an aromatic ring is 1. The summed E-state index contributed by atoms with van der Waals surface area (Å²) < 4.78 is 12.7. The Kier molecular flexibility index (Phi) is 3.32. The van der Waals surface area contributed by atoms with Crippen LogP contribution in [0.5, 0.6) is 11.5 Å². The number of furan rings is 1. The largest absolute Gasteiger partial charge is 0.463 e. The molecule has 132 valence electrons. The average molecular weight is 360 g/mol. The van der Waals surface area contributed by atoms with E-state index in [1.807, 2.05) is 12.1 Å². The molecule has 0 atom stereocenters. The van der Waals surface area contributed by atoms with Crippen molar-refractivity contribution in [2.75, 3.05) is 5.73 Å². The lowest BCUT2D eigenvalue weighted by atomic mass is 10.3. The van der Waals surface area contributed by atoms with Gasteiger partial charge in [-0.2, -0.15) is 14.8 Å². The minimum Gasteiger partial charge on any atom is -0.463 e. The van der Waals surface area contributed by atoms with Crippen molar-refractivity contribution >= 4 is 17.0 Å². The van der Waals surface area contributed by atoms with Crippen LogP contribution in [0.3, 0.4) is 0 Å². The topological polar surface area (TPSA) is 134 Å². The van der Waals surface area contributed by atoms with E-state index >= 15 is 0 Å². The van der Waals surface area contributed by atoms with E-state index in [4.69, 9.17) is 14.9 Å². The van der Waals surface area contributed by atoms with Crippen molar-refractivity contribution < 1.29 is 9.15 Å². The smallest absolute Gasteiger partial charge is 0.222 e. The number of aromatic amines is 1. The summed E-state index contributed by atoms with van der Waals surface area (Å²) in [6.45, 7) is 0. The van der Waals surface area contributed by atoms with Crippen molar-refractivity contribution in [2.24, 2.45) is 0 Å². The fourth-order valence-electron chi connectivity index (χ4n) is 2.68. The van der Waals surface area contributed by atoms with Gasteiger partial charge in [-0.1, -0.05) is 5.21 Å².